The average Bonchev–Trinajstić information content (AvgIpc) is 3.74. The summed E-state index contributed by atoms with van der Waals surface area (Å²) in [4.78, 5) is 63.9. The van der Waals surface area contributed by atoms with Gasteiger partial charge in [0.1, 0.15) is 28.8 Å². The molecule has 16 nitrogen and oxygen atoms in total. The maximum Gasteiger partial charge on any atom is 0.409 e. The summed E-state index contributed by atoms with van der Waals surface area (Å²) in [6.07, 6.45) is 6.33. The molecule has 0 aliphatic carbocycles. The highest BCUT2D eigenvalue weighted by atomic mass is 35.5. The fraction of sp³-hybridized carbons (Fsp3) is 0.308. The smallest absolute Gasteiger partial charge is 0.409 e. The minimum Gasteiger partial charge on any atom is -0.496 e. The number of carbonyl (C=O) groups excluding carboxylic acids is 2. The van der Waals surface area contributed by atoms with Gasteiger partial charge in [-0.25, -0.2) is 9.78 Å². The van der Waals surface area contributed by atoms with Gasteiger partial charge in [0.15, 0.2) is 0 Å². The number of amides is 2. The SMILES string of the molecule is COc1c(C)cnc(Cn2cc(C#CCCOC(=O)N(C)CCN(C)C(=O)c3ccc(CCc4c[nH]c5nc(N)[nH]c(=O)c45)cc3)c3c(Cl)nc(N)nc32)c1C. The molecule has 0 fully saturated rings. The van der Waals surface area contributed by atoms with Crippen LogP contribution in [0.3, 0.4) is 0 Å². The number of nitrogen functional groups attached to an aromatic ring is 2. The third kappa shape index (κ3) is 8.53. The number of carbonyl (C=O) groups is 2. The van der Waals surface area contributed by atoms with E-state index in [-0.39, 0.29) is 48.1 Å². The summed E-state index contributed by atoms with van der Waals surface area (Å²) in [5.74, 6) is 6.83. The van der Waals surface area contributed by atoms with Crippen LogP contribution < -0.4 is 21.8 Å². The first-order chi connectivity index (χ1) is 26.8. The fourth-order valence-corrected chi connectivity index (χ4v) is 6.62. The van der Waals surface area contributed by atoms with Gasteiger partial charge in [-0.2, -0.15) is 9.97 Å². The largest absolute Gasteiger partial charge is 0.496 e. The summed E-state index contributed by atoms with van der Waals surface area (Å²) in [7, 11) is 4.91. The number of anilines is 2. The monoisotopic (exact) mass is 779 g/mol. The Hall–Kier alpha value is -6.60. The Morgan fingerprint density at radius 2 is 1.77 bits per heavy atom. The van der Waals surface area contributed by atoms with Crippen LogP contribution in [0.2, 0.25) is 5.15 Å². The summed E-state index contributed by atoms with van der Waals surface area (Å²) in [6.45, 7) is 4.87. The highest BCUT2D eigenvalue weighted by Gasteiger charge is 2.19. The van der Waals surface area contributed by atoms with Crippen molar-refractivity contribution in [2.45, 2.75) is 39.7 Å². The van der Waals surface area contributed by atoms with Crippen LogP contribution in [0.15, 0.2) is 47.7 Å². The lowest BCUT2D eigenvalue weighted by Crippen LogP contribution is -2.37. The van der Waals surface area contributed by atoms with E-state index < -0.39 is 6.09 Å². The Kier molecular flexibility index (Phi) is 11.7. The maximum atomic E-state index is 13.1. The van der Waals surface area contributed by atoms with Gasteiger partial charge in [0.2, 0.25) is 11.9 Å². The zero-order valence-corrected chi connectivity index (χ0v) is 32.5. The molecule has 0 aliphatic heterocycles. The van der Waals surface area contributed by atoms with E-state index in [0.29, 0.717) is 59.1 Å². The van der Waals surface area contributed by atoms with Crippen molar-refractivity contribution >= 4 is 57.6 Å². The Bertz CT molecular complexity index is 2550. The Balaban J connectivity index is 0.983. The summed E-state index contributed by atoms with van der Waals surface area (Å²) in [5, 5.41) is 1.22. The van der Waals surface area contributed by atoms with Crippen LogP contribution in [-0.4, -0.2) is 97.2 Å². The number of nitrogens with two attached hydrogens (primary N) is 2. The van der Waals surface area contributed by atoms with E-state index in [4.69, 9.17) is 32.5 Å². The van der Waals surface area contributed by atoms with Gasteiger partial charge in [-0.1, -0.05) is 35.6 Å². The molecular formula is C39H42ClN11O5. The third-order valence-electron chi connectivity index (χ3n) is 9.39. The topological polar surface area (TPSA) is 216 Å². The predicted molar refractivity (Wildman–Crippen MR) is 214 cm³/mol. The van der Waals surface area contributed by atoms with Crippen LogP contribution in [0.5, 0.6) is 5.75 Å². The number of methoxy groups -OCH3 is 1. The second-order valence-corrected chi connectivity index (χ2v) is 13.6. The lowest BCUT2D eigenvalue weighted by Gasteiger charge is -2.22. The number of rotatable bonds is 12. The van der Waals surface area contributed by atoms with E-state index in [1.165, 1.54) is 4.90 Å². The van der Waals surface area contributed by atoms with E-state index in [9.17, 15) is 14.4 Å². The molecule has 0 saturated carbocycles. The van der Waals surface area contributed by atoms with Crippen molar-refractivity contribution < 1.29 is 19.1 Å². The van der Waals surface area contributed by atoms with Crippen LogP contribution in [-0.2, 0) is 24.1 Å². The van der Waals surface area contributed by atoms with Crippen molar-refractivity contribution in [3.63, 3.8) is 0 Å². The van der Waals surface area contributed by atoms with Crippen LogP contribution in [0, 0.1) is 25.7 Å². The molecule has 1 aromatic carbocycles. The quantitative estimate of drug-likeness (QED) is 0.0782. The van der Waals surface area contributed by atoms with Crippen LogP contribution >= 0.6 is 11.6 Å². The minimum absolute atomic E-state index is 0.0357. The van der Waals surface area contributed by atoms with Gasteiger partial charge in [0, 0.05) is 68.9 Å². The molecule has 0 unspecified atom stereocenters. The average molecular weight is 780 g/mol. The molecule has 17 heteroatoms. The molecule has 2 amide bonds. The summed E-state index contributed by atoms with van der Waals surface area (Å²) >= 11 is 6.50. The number of hydrogen-bond acceptors (Lipinski definition) is 11. The van der Waals surface area contributed by atoms with E-state index in [0.717, 1.165) is 33.7 Å². The van der Waals surface area contributed by atoms with Gasteiger partial charge in [-0.3, -0.25) is 19.6 Å². The Labute approximate surface area is 327 Å². The van der Waals surface area contributed by atoms with Crippen molar-refractivity contribution in [1.82, 2.24) is 44.3 Å². The van der Waals surface area contributed by atoms with Gasteiger partial charge >= 0.3 is 6.09 Å². The molecule has 5 aromatic heterocycles. The standard InChI is InChI=1S/C39H42ClN11O5/c1-22-18-43-28(23(2)31(22)55-5)21-51-20-27(29-32(40)45-37(41)47-34(29)51)8-6-7-17-56-39(54)50(4)16-15-49(3)36(53)25-12-9-24(10-13-25)11-14-26-19-44-33-30(26)35(52)48-38(42)46-33/h9-10,12-13,18-20H,7,11,14-17,21H2,1-5H3,(H2,41,45,47)(H4,42,44,46,48,52). The number of likely N-dealkylation sites (N-methyl/N-ethyl adjacent to an activating group) is 2. The van der Waals surface area contributed by atoms with Gasteiger partial charge in [0.25, 0.3) is 11.5 Å². The lowest BCUT2D eigenvalue weighted by atomic mass is 10.0. The molecule has 6 N–H and O–H groups in total. The molecule has 56 heavy (non-hydrogen) atoms. The zero-order valence-electron chi connectivity index (χ0n) is 31.7. The summed E-state index contributed by atoms with van der Waals surface area (Å²) in [6, 6.07) is 7.32. The second kappa shape index (κ2) is 16.8. The van der Waals surface area contributed by atoms with Crippen LogP contribution in [0.4, 0.5) is 16.7 Å². The molecule has 290 valence electrons. The van der Waals surface area contributed by atoms with Gasteiger partial charge in [-0.15, -0.1) is 0 Å². The number of pyridine rings is 1. The molecule has 0 atom stereocenters. The number of H-pyrrole nitrogens is 2. The van der Waals surface area contributed by atoms with Gasteiger partial charge < -0.3 is 40.3 Å². The third-order valence-corrected chi connectivity index (χ3v) is 9.66. The first kappa shape index (κ1) is 39.1. The number of benzene rings is 1. The van der Waals surface area contributed by atoms with Crippen molar-refractivity contribution in [2.75, 3.05) is 52.4 Å². The molecule has 0 bridgehead atoms. The number of ether oxygens (including phenoxy) is 2. The number of fused-ring (bicyclic) bond motifs is 2. The highest BCUT2D eigenvalue weighted by molar-refractivity contribution is 6.34. The number of hydrogen-bond donors (Lipinski definition) is 4. The molecule has 0 aliphatic rings. The highest BCUT2D eigenvalue weighted by Crippen LogP contribution is 2.29. The molecule has 6 aromatic rings. The number of nitrogens with zero attached hydrogens (tertiary/aromatic N) is 7. The molecular weight excluding hydrogens is 738 g/mol. The van der Waals surface area contributed by atoms with E-state index in [1.807, 2.05) is 36.7 Å². The molecule has 0 spiro atoms. The Morgan fingerprint density at radius 3 is 2.52 bits per heavy atom. The maximum absolute atomic E-state index is 13.1. The predicted octanol–water partition coefficient (Wildman–Crippen LogP) is 4.25. The van der Waals surface area contributed by atoms with Gasteiger partial charge in [-0.05, 0) is 49.9 Å². The lowest BCUT2D eigenvalue weighted by molar-refractivity contribution is 0.0764. The number of nitrogens with one attached hydrogen (secondary N) is 2. The van der Waals surface area contributed by atoms with E-state index >= 15 is 0 Å². The number of aryl methyl sites for hydroxylation is 3. The Morgan fingerprint density at radius 1 is 1.02 bits per heavy atom. The van der Waals surface area contributed by atoms with E-state index in [2.05, 4.69) is 41.7 Å². The number of aromatic nitrogens is 7. The van der Waals surface area contributed by atoms with Crippen LogP contribution in [0.1, 0.15) is 50.3 Å². The number of aromatic amines is 2. The first-order valence-electron chi connectivity index (χ1n) is 17.7. The van der Waals surface area contributed by atoms with Crippen molar-refractivity contribution in [1.29, 1.82) is 0 Å². The normalized spacial score (nSPS) is 11.0. The first-order valence-corrected chi connectivity index (χ1v) is 18.1. The zero-order chi connectivity index (χ0) is 40.1. The van der Waals surface area contributed by atoms with Gasteiger partial charge in [0.05, 0.1) is 35.7 Å². The second-order valence-electron chi connectivity index (χ2n) is 13.3. The van der Waals surface area contributed by atoms with Crippen LogP contribution in [0.25, 0.3) is 22.1 Å². The van der Waals surface area contributed by atoms with E-state index in [1.54, 1.807) is 50.6 Å². The van der Waals surface area contributed by atoms with Crippen molar-refractivity contribution in [2.24, 2.45) is 0 Å². The summed E-state index contributed by atoms with van der Waals surface area (Å²) < 4.78 is 12.9. The summed E-state index contributed by atoms with van der Waals surface area (Å²) in [5.41, 5.74) is 17.8. The minimum atomic E-state index is -0.534. The molecule has 6 rings (SSSR count). The van der Waals surface area contributed by atoms with Crippen molar-refractivity contribution in [3.8, 4) is 17.6 Å². The van der Waals surface area contributed by atoms with Crippen molar-refractivity contribution in [3.05, 3.63) is 97.4 Å². The molecule has 0 radical (unpaired) electrons. The molecule has 5 heterocycles. The fourth-order valence-electron chi connectivity index (χ4n) is 6.35. The molecule has 0 saturated heterocycles. The number of halogens is 1.